The highest BCUT2D eigenvalue weighted by atomic mass is 79.9. The number of aromatic nitrogens is 3. The van der Waals surface area contributed by atoms with Crippen molar-refractivity contribution in [2.24, 2.45) is 0 Å². The van der Waals surface area contributed by atoms with Gasteiger partial charge in [-0.05, 0) is 86.5 Å². The van der Waals surface area contributed by atoms with Gasteiger partial charge in [0.15, 0.2) is 5.60 Å². The zero-order chi connectivity index (χ0) is 37.4. The van der Waals surface area contributed by atoms with Gasteiger partial charge < -0.3 is 20.1 Å². The van der Waals surface area contributed by atoms with Crippen LogP contribution in [-0.2, 0) is 19.6 Å². The Labute approximate surface area is 305 Å². The summed E-state index contributed by atoms with van der Waals surface area (Å²) in [6, 6.07) is 23.5. The number of amides is 2. The van der Waals surface area contributed by atoms with Gasteiger partial charge in [0.1, 0.15) is 18.1 Å². The smallest absolute Gasteiger partial charge is 0.420 e. The minimum absolute atomic E-state index is 0.00526. The molecule has 2 atom stereocenters. The third kappa shape index (κ3) is 7.26. The van der Waals surface area contributed by atoms with E-state index in [1.165, 1.54) is 33.4 Å². The van der Waals surface area contributed by atoms with E-state index in [1.54, 1.807) is 35.4 Å². The molecule has 0 fully saturated rings. The third-order valence-corrected chi connectivity index (χ3v) is 9.94. The van der Waals surface area contributed by atoms with Crippen LogP contribution in [0, 0.1) is 6.92 Å². The van der Waals surface area contributed by atoms with Crippen LogP contribution in [0.3, 0.4) is 0 Å². The predicted octanol–water partition coefficient (Wildman–Crippen LogP) is 6.44. The van der Waals surface area contributed by atoms with Crippen LogP contribution in [0.1, 0.15) is 51.5 Å². The molecule has 1 aliphatic heterocycles. The monoisotopic (exact) mass is 777 g/mol. The van der Waals surface area contributed by atoms with Crippen molar-refractivity contribution in [3.05, 3.63) is 134 Å². The lowest BCUT2D eigenvalue weighted by Crippen LogP contribution is -2.47. The van der Waals surface area contributed by atoms with Gasteiger partial charge in [-0.25, -0.2) is 4.79 Å². The van der Waals surface area contributed by atoms with E-state index in [-0.39, 0.29) is 42.7 Å². The van der Waals surface area contributed by atoms with E-state index >= 15 is 0 Å². The molecule has 0 saturated carbocycles. The van der Waals surface area contributed by atoms with Crippen LogP contribution in [0.15, 0.2) is 100 Å². The van der Waals surface area contributed by atoms with Gasteiger partial charge in [0.2, 0.25) is 0 Å². The number of carbonyl (C=O) groups excluding carboxylic acids is 2. The number of hydrogen-bond acceptors (Lipinski definition) is 6. The summed E-state index contributed by atoms with van der Waals surface area (Å²) < 4.78 is 48.3. The summed E-state index contributed by atoms with van der Waals surface area (Å²) in [6.07, 6.45) is -3.23. The van der Waals surface area contributed by atoms with Crippen LogP contribution < -0.4 is 15.7 Å². The number of benzene rings is 3. The quantitative estimate of drug-likeness (QED) is 0.178. The fourth-order valence-corrected chi connectivity index (χ4v) is 6.25. The molecule has 10 nitrogen and oxygen atoms in total. The molecule has 0 unspecified atom stereocenters. The Morgan fingerprint density at radius 2 is 1.75 bits per heavy atom. The van der Waals surface area contributed by atoms with Gasteiger partial charge in [0.25, 0.3) is 11.8 Å². The van der Waals surface area contributed by atoms with E-state index < -0.39 is 36.0 Å². The number of fused-ring (bicyclic) bond motifs is 1. The Kier molecular flexibility index (Phi) is 10.1. The molecule has 3 heterocycles. The van der Waals surface area contributed by atoms with Gasteiger partial charge in [0.05, 0.1) is 23.6 Å². The number of hydrogen-bond donors (Lipinski definition) is 2. The molecule has 0 saturated heterocycles. The van der Waals surface area contributed by atoms with E-state index in [2.05, 4.69) is 26.2 Å². The number of carbonyl (C=O) groups is 2. The summed E-state index contributed by atoms with van der Waals surface area (Å²) in [4.78, 5) is 48.3. The van der Waals surface area contributed by atoms with Crippen LogP contribution >= 0.6 is 15.9 Å². The molecule has 2 N–H and O–H groups in total. The summed E-state index contributed by atoms with van der Waals surface area (Å²) in [6.45, 7) is 3.42. The Hall–Kier alpha value is -5.21. The molecule has 6 rings (SSSR count). The molecule has 52 heavy (non-hydrogen) atoms. The van der Waals surface area contributed by atoms with Crippen LogP contribution in [0.4, 0.5) is 13.2 Å². The van der Waals surface area contributed by atoms with Crippen molar-refractivity contribution < 1.29 is 32.6 Å². The Morgan fingerprint density at radius 1 is 1.04 bits per heavy atom. The van der Waals surface area contributed by atoms with Gasteiger partial charge in [-0.2, -0.15) is 13.2 Å². The first-order chi connectivity index (χ1) is 24.7. The summed E-state index contributed by atoms with van der Waals surface area (Å²) in [5, 5.41) is 12.7. The molecule has 2 amide bonds. The zero-order valence-electron chi connectivity index (χ0n) is 28.4. The number of aliphatic hydroxyl groups is 1. The van der Waals surface area contributed by atoms with Crippen molar-refractivity contribution >= 4 is 27.7 Å². The molecule has 270 valence electrons. The molecule has 0 spiro atoms. The van der Waals surface area contributed by atoms with Crippen molar-refractivity contribution in [2.75, 3.05) is 6.61 Å². The minimum atomic E-state index is -4.91. The summed E-state index contributed by atoms with van der Waals surface area (Å²) in [5.74, 6) is -0.830. The standard InChI is InChI=1S/C38H35BrF3N5O5/c1-23-18-25(11-16-30(23)39)35(49)45-21-32-33(34(48)44-19-26-8-4-5-9-29(26)31-10-6-7-17-43-31)47(36(50)46(32)20-24(45)2)27-12-14-28(15-13-27)52-22-37(3,51)38(40,41)42/h4-18,24,51H,19-22H2,1-3H3,(H,44,48)/t24-,37-/m0/s1. The number of pyridine rings is 1. The molecule has 0 radical (unpaired) electrons. The lowest BCUT2D eigenvalue weighted by atomic mass is 10.0. The van der Waals surface area contributed by atoms with E-state index in [9.17, 15) is 32.7 Å². The lowest BCUT2D eigenvalue weighted by molar-refractivity contribution is -0.260. The zero-order valence-corrected chi connectivity index (χ0v) is 30.0. The summed E-state index contributed by atoms with van der Waals surface area (Å²) in [5.41, 5.74) is 0.609. The van der Waals surface area contributed by atoms with Crippen molar-refractivity contribution in [1.82, 2.24) is 24.3 Å². The number of alkyl halides is 3. The van der Waals surface area contributed by atoms with E-state index in [4.69, 9.17) is 4.74 Å². The summed E-state index contributed by atoms with van der Waals surface area (Å²) in [7, 11) is 0. The predicted molar refractivity (Wildman–Crippen MR) is 191 cm³/mol. The molecule has 5 aromatic rings. The Bertz CT molecular complexity index is 2180. The molecular formula is C38H35BrF3N5O5. The highest BCUT2D eigenvalue weighted by molar-refractivity contribution is 9.10. The second-order valence-electron chi connectivity index (χ2n) is 12.9. The second kappa shape index (κ2) is 14.4. The maximum absolute atomic E-state index is 14.3. The van der Waals surface area contributed by atoms with Gasteiger partial charge >= 0.3 is 11.9 Å². The number of rotatable bonds is 9. The van der Waals surface area contributed by atoms with E-state index in [0.717, 1.165) is 26.9 Å². The fraction of sp³-hybridized carbons (Fsp3) is 0.263. The van der Waals surface area contributed by atoms with Crippen LogP contribution in [0.5, 0.6) is 5.75 Å². The largest absolute Gasteiger partial charge is 0.490 e. The van der Waals surface area contributed by atoms with E-state index in [1.807, 2.05) is 50.2 Å². The van der Waals surface area contributed by atoms with Crippen LogP contribution in [0.2, 0.25) is 0 Å². The Balaban J connectivity index is 1.37. The molecule has 1 aliphatic rings. The van der Waals surface area contributed by atoms with Gasteiger partial charge in [-0.1, -0.05) is 46.3 Å². The molecule has 14 heteroatoms. The fourth-order valence-electron chi connectivity index (χ4n) is 6.01. The average Bonchev–Trinajstić information content (AvgIpc) is 3.41. The first-order valence-corrected chi connectivity index (χ1v) is 17.2. The first-order valence-electron chi connectivity index (χ1n) is 16.4. The number of halogens is 4. The summed E-state index contributed by atoms with van der Waals surface area (Å²) >= 11 is 3.47. The van der Waals surface area contributed by atoms with Crippen molar-refractivity contribution in [3.8, 4) is 22.7 Å². The number of imidazole rings is 1. The highest BCUT2D eigenvalue weighted by Gasteiger charge is 2.50. The normalized spacial score (nSPS) is 15.5. The number of nitrogens with one attached hydrogen (secondary N) is 1. The van der Waals surface area contributed by atoms with Gasteiger partial charge in [-0.3, -0.25) is 23.7 Å². The molecule has 3 aromatic carbocycles. The number of nitrogens with zero attached hydrogens (tertiary/aromatic N) is 4. The third-order valence-electron chi connectivity index (χ3n) is 9.05. The van der Waals surface area contributed by atoms with Crippen molar-refractivity contribution in [1.29, 1.82) is 0 Å². The van der Waals surface area contributed by atoms with Gasteiger partial charge in [-0.15, -0.1) is 0 Å². The average molecular weight is 779 g/mol. The molecular weight excluding hydrogens is 743 g/mol. The molecule has 0 aliphatic carbocycles. The topological polar surface area (TPSA) is 119 Å². The van der Waals surface area contributed by atoms with Crippen LogP contribution in [-0.4, -0.2) is 60.4 Å². The second-order valence-corrected chi connectivity index (χ2v) is 13.7. The molecule has 2 aromatic heterocycles. The van der Waals surface area contributed by atoms with E-state index in [0.29, 0.717) is 18.2 Å². The SMILES string of the molecule is Cc1cc(C(=O)N2Cc3c(C(=O)NCc4ccccc4-c4ccccn4)n(-c4ccc(OC[C@](C)(O)C(F)(F)F)cc4)c(=O)n3C[C@@H]2C)ccc1Br. The minimum Gasteiger partial charge on any atom is -0.490 e. The van der Waals surface area contributed by atoms with Crippen LogP contribution in [0.25, 0.3) is 16.9 Å². The lowest BCUT2D eigenvalue weighted by Gasteiger charge is -2.34. The van der Waals surface area contributed by atoms with Crippen molar-refractivity contribution in [3.63, 3.8) is 0 Å². The maximum Gasteiger partial charge on any atom is 0.420 e. The van der Waals surface area contributed by atoms with Gasteiger partial charge in [0, 0.05) is 40.9 Å². The van der Waals surface area contributed by atoms with Crippen molar-refractivity contribution in [2.45, 2.75) is 58.2 Å². The highest BCUT2D eigenvalue weighted by Crippen LogP contribution is 2.31. The Morgan fingerprint density at radius 3 is 2.42 bits per heavy atom. The maximum atomic E-state index is 14.3. The first kappa shape index (κ1) is 36.6. The number of aryl methyl sites for hydroxylation is 1. The molecule has 0 bridgehead atoms. The number of ether oxygens (including phenoxy) is 1.